The summed E-state index contributed by atoms with van der Waals surface area (Å²) in [6.07, 6.45) is 8.48. The molecule has 3 nitrogen and oxygen atoms in total. The van der Waals surface area contributed by atoms with Crippen molar-refractivity contribution in [3.05, 3.63) is 40.9 Å². The molecule has 0 spiro atoms. The molecule has 3 rings (SSSR count). The predicted molar refractivity (Wildman–Crippen MR) is 77.1 cm³/mol. The number of benzene rings is 1. The van der Waals surface area contributed by atoms with E-state index in [1.807, 2.05) is 16.8 Å². The SMILES string of the molecule is Fc1cc(-n2ccnc2NC2CCCC2)ccc1Br. The number of aromatic nitrogens is 2. The smallest absolute Gasteiger partial charge is 0.207 e. The van der Waals surface area contributed by atoms with Crippen LogP contribution in [0.25, 0.3) is 5.69 Å². The van der Waals surface area contributed by atoms with Crippen LogP contribution >= 0.6 is 15.9 Å². The molecule has 1 N–H and O–H groups in total. The van der Waals surface area contributed by atoms with Gasteiger partial charge in [0.1, 0.15) is 5.82 Å². The second kappa shape index (κ2) is 5.33. The summed E-state index contributed by atoms with van der Waals surface area (Å²) in [5, 5.41) is 3.44. The fraction of sp³-hybridized carbons (Fsp3) is 0.357. The minimum Gasteiger partial charge on any atom is -0.353 e. The molecule has 2 aromatic rings. The molecule has 1 aromatic heterocycles. The number of imidazole rings is 1. The van der Waals surface area contributed by atoms with Crippen molar-refractivity contribution in [1.82, 2.24) is 9.55 Å². The first-order valence-corrected chi connectivity index (χ1v) is 7.28. The topological polar surface area (TPSA) is 29.9 Å². The van der Waals surface area contributed by atoms with Gasteiger partial charge in [-0.2, -0.15) is 0 Å². The van der Waals surface area contributed by atoms with Crippen LogP contribution in [0.5, 0.6) is 0 Å². The highest BCUT2D eigenvalue weighted by atomic mass is 79.9. The number of rotatable bonds is 3. The van der Waals surface area contributed by atoms with Crippen molar-refractivity contribution in [1.29, 1.82) is 0 Å². The number of hydrogen-bond donors (Lipinski definition) is 1. The molecule has 0 unspecified atom stereocenters. The quantitative estimate of drug-likeness (QED) is 0.920. The lowest BCUT2D eigenvalue weighted by Crippen LogP contribution is -2.17. The molecule has 1 heterocycles. The van der Waals surface area contributed by atoms with E-state index in [0.717, 1.165) is 11.6 Å². The van der Waals surface area contributed by atoms with Crippen LogP contribution in [0.1, 0.15) is 25.7 Å². The molecule has 0 bridgehead atoms. The number of hydrogen-bond acceptors (Lipinski definition) is 2. The Bertz CT molecular complexity index is 576. The van der Waals surface area contributed by atoms with Crippen LogP contribution in [-0.2, 0) is 0 Å². The van der Waals surface area contributed by atoms with Crippen LogP contribution in [0, 0.1) is 5.82 Å². The molecule has 0 atom stereocenters. The van der Waals surface area contributed by atoms with E-state index in [4.69, 9.17) is 0 Å². The van der Waals surface area contributed by atoms with E-state index in [9.17, 15) is 4.39 Å². The first kappa shape index (κ1) is 12.7. The fourth-order valence-electron chi connectivity index (χ4n) is 2.51. The Hall–Kier alpha value is -1.36. The Morgan fingerprint density at radius 1 is 1.32 bits per heavy atom. The molecule has 0 saturated heterocycles. The lowest BCUT2D eigenvalue weighted by atomic mass is 10.2. The minimum atomic E-state index is -0.266. The summed E-state index contributed by atoms with van der Waals surface area (Å²) in [6.45, 7) is 0. The molecule has 19 heavy (non-hydrogen) atoms. The number of anilines is 1. The van der Waals surface area contributed by atoms with E-state index >= 15 is 0 Å². The van der Waals surface area contributed by atoms with Gasteiger partial charge in [0.25, 0.3) is 0 Å². The largest absolute Gasteiger partial charge is 0.353 e. The second-order valence-corrected chi connectivity index (χ2v) is 5.70. The average molecular weight is 324 g/mol. The van der Waals surface area contributed by atoms with E-state index in [1.165, 1.54) is 31.7 Å². The third kappa shape index (κ3) is 2.66. The van der Waals surface area contributed by atoms with Crippen LogP contribution in [-0.4, -0.2) is 15.6 Å². The fourth-order valence-corrected chi connectivity index (χ4v) is 2.75. The number of nitrogens with zero attached hydrogens (tertiary/aromatic N) is 2. The Morgan fingerprint density at radius 3 is 2.84 bits per heavy atom. The zero-order valence-corrected chi connectivity index (χ0v) is 12.0. The summed E-state index contributed by atoms with van der Waals surface area (Å²) in [4.78, 5) is 4.33. The predicted octanol–water partition coefficient (Wildman–Crippen LogP) is 4.13. The Labute approximate surface area is 120 Å². The van der Waals surface area contributed by atoms with E-state index in [2.05, 4.69) is 26.2 Å². The molecule has 1 aliphatic rings. The van der Waals surface area contributed by atoms with Crippen molar-refractivity contribution >= 4 is 21.9 Å². The second-order valence-electron chi connectivity index (χ2n) is 4.84. The van der Waals surface area contributed by atoms with Crippen molar-refractivity contribution in [3.63, 3.8) is 0 Å². The standard InChI is InChI=1S/C14H15BrFN3/c15-12-6-5-11(9-13(12)16)19-8-7-17-14(19)18-10-3-1-2-4-10/h5-10H,1-4H2,(H,17,18). The maximum absolute atomic E-state index is 13.6. The monoisotopic (exact) mass is 323 g/mol. The summed E-state index contributed by atoms with van der Waals surface area (Å²) < 4.78 is 16.0. The number of halogens is 2. The van der Waals surface area contributed by atoms with Gasteiger partial charge in [-0.1, -0.05) is 12.8 Å². The van der Waals surface area contributed by atoms with Gasteiger partial charge in [-0.3, -0.25) is 4.57 Å². The van der Waals surface area contributed by atoms with Crippen LogP contribution < -0.4 is 5.32 Å². The third-order valence-electron chi connectivity index (χ3n) is 3.51. The van der Waals surface area contributed by atoms with Gasteiger partial charge in [-0.05, 0) is 47.0 Å². The summed E-state index contributed by atoms with van der Waals surface area (Å²) >= 11 is 3.17. The Morgan fingerprint density at radius 2 is 2.11 bits per heavy atom. The van der Waals surface area contributed by atoms with Crippen molar-refractivity contribution in [3.8, 4) is 5.69 Å². The van der Waals surface area contributed by atoms with Crippen LogP contribution in [0.3, 0.4) is 0 Å². The first-order chi connectivity index (χ1) is 9.24. The zero-order chi connectivity index (χ0) is 13.2. The van der Waals surface area contributed by atoms with E-state index < -0.39 is 0 Å². The molecule has 1 aliphatic carbocycles. The lowest BCUT2D eigenvalue weighted by Gasteiger charge is -2.15. The van der Waals surface area contributed by atoms with Crippen molar-refractivity contribution in [2.75, 3.05) is 5.32 Å². The Kier molecular flexibility index (Phi) is 3.55. The number of nitrogens with one attached hydrogen (secondary N) is 1. The van der Waals surface area contributed by atoms with Gasteiger partial charge in [0.05, 0.1) is 10.2 Å². The first-order valence-electron chi connectivity index (χ1n) is 6.49. The van der Waals surface area contributed by atoms with Crippen LogP contribution in [0.2, 0.25) is 0 Å². The maximum Gasteiger partial charge on any atom is 0.207 e. The van der Waals surface area contributed by atoms with Gasteiger partial charge < -0.3 is 5.32 Å². The van der Waals surface area contributed by atoms with E-state index in [0.29, 0.717) is 10.5 Å². The third-order valence-corrected chi connectivity index (χ3v) is 4.15. The summed E-state index contributed by atoms with van der Waals surface area (Å²) in [5.41, 5.74) is 0.777. The summed E-state index contributed by atoms with van der Waals surface area (Å²) in [6, 6.07) is 5.58. The molecule has 1 saturated carbocycles. The van der Waals surface area contributed by atoms with Crippen molar-refractivity contribution in [2.45, 2.75) is 31.7 Å². The van der Waals surface area contributed by atoms with Gasteiger partial charge in [0.2, 0.25) is 5.95 Å². The molecule has 1 aromatic carbocycles. The highest BCUT2D eigenvalue weighted by molar-refractivity contribution is 9.10. The normalized spacial score (nSPS) is 15.9. The molecule has 0 amide bonds. The lowest BCUT2D eigenvalue weighted by molar-refractivity contribution is 0.620. The minimum absolute atomic E-state index is 0.266. The van der Waals surface area contributed by atoms with Crippen molar-refractivity contribution < 1.29 is 4.39 Å². The summed E-state index contributed by atoms with van der Waals surface area (Å²) in [5.74, 6) is 0.520. The zero-order valence-electron chi connectivity index (χ0n) is 10.4. The highest BCUT2D eigenvalue weighted by Crippen LogP contribution is 2.24. The van der Waals surface area contributed by atoms with E-state index in [-0.39, 0.29) is 5.82 Å². The van der Waals surface area contributed by atoms with Crippen LogP contribution in [0.15, 0.2) is 35.1 Å². The maximum atomic E-state index is 13.6. The van der Waals surface area contributed by atoms with Gasteiger partial charge in [0, 0.05) is 18.4 Å². The van der Waals surface area contributed by atoms with Crippen LogP contribution in [0.4, 0.5) is 10.3 Å². The van der Waals surface area contributed by atoms with E-state index in [1.54, 1.807) is 12.3 Å². The van der Waals surface area contributed by atoms with Gasteiger partial charge in [-0.15, -0.1) is 0 Å². The summed E-state index contributed by atoms with van der Waals surface area (Å²) in [7, 11) is 0. The van der Waals surface area contributed by atoms with Crippen molar-refractivity contribution in [2.24, 2.45) is 0 Å². The molecular formula is C14H15BrFN3. The molecule has 100 valence electrons. The highest BCUT2D eigenvalue weighted by Gasteiger charge is 2.17. The molecular weight excluding hydrogens is 309 g/mol. The van der Waals surface area contributed by atoms with Gasteiger partial charge >= 0.3 is 0 Å². The van der Waals surface area contributed by atoms with Gasteiger partial charge in [-0.25, -0.2) is 9.37 Å². The molecule has 5 heteroatoms. The average Bonchev–Trinajstić information content (AvgIpc) is 3.05. The molecule has 0 radical (unpaired) electrons. The molecule has 1 fully saturated rings. The Balaban J connectivity index is 1.87. The van der Waals surface area contributed by atoms with Gasteiger partial charge in [0.15, 0.2) is 0 Å². The molecule has 0 aliphatic heterocycles.